The van der Waals surface area contributed by atoms with Gasteiger partial charge in [-0.05, 0) is 61.7 Å². The average molecular weight is 854 g/mol. The van der Waals surface area contributed by atoms with Gasteiger partial charge in [-0.3, -0.25) is 39.0 Å². The van der Waals surface area contributed by atoms with Crippen LogP contribution >= 0.6 is 0 Å². The zero-order chi connectivity index (χ0) is 44.3. The number of halogens is 3. The Hall–Kier alpha value is -6.84. The largest absolute Gasteiger partial charge is 0.472 e. The lowest BCUT2D eigenvalue weighted by Gasteiger charge is -2.62. The van der Waals surface area contributed by atoms with Gasteiger partial charge in [-0.15, -0.1) is 15.3 Å². The number of hydrogen-bond donors (Lipinski definition) is 3. The molecule has 3 fully saturated rings. The van der Waals surface area contributed by atoms with Gasteiger partial charge in [-0.2, -0.15) is 17.7 Å². The summed E-state index contributed by atoms with van der Waals surface area (Å²) in [5.74, 6) is 2.27. The summed E-state index contributed by atoms with van der Waals surface area (Å²) in [5, 5.41) is 19.0. The predicted molar refractivity (Wildman–Crippen MR) is 213 cm³/mol. The van der Waals surface area contributed by atoms with Crippen LogP contribution in [0.3, 0.4) is 0 Å². The molecular formula is C43H42F3N9O7. The number of carbonyl (C=O) groups is 6. The van der Waals surface area contributed by atoms with Crippen LogP contribution < -0.4 is 20.7 Å². The molecule has 4 aliphatic rings. The molecule has 2 aromatic heterocycles. The third kappa shape index (κ3) is 7.58. The van der Waals surface area contributed by atoms with Gasteiger partial charge < -0.3 is 20.3 Å². The van der Waals surface area contributed by atoms with Crippen LogP contribution in [0.4, 0.5) is 18.9 Å². The van der Waals surface area contributed by atoms with Crippen LogP contribution in [0.1, 0.15) is 95.8 Å². The molecule has 2 aromatic carbocycles. The Kier molecular flexibility index (Phi) is 10.5. The van der Waals surface area contributed by atoms with E-state index in [0.717, 1.165) is 4.90 Å². The number of rotatable bonds is 8. The van der Waals surface area contributed by atoms with E-state index in [1.54, 1.807) is 41.3 Å². The summed E-state index contributed by atoms with van der Waals surface area (Å²) in [6, 6.07) is 12.9. The molecule has 6 amide bonds. The first kappa shape index (κ1) is 41.9. The number of imide groups is 2. The topological polar surface area (TPSA) is 197 Å². The molecule has 1 unspecified atom stereocenters. The first-order chi connectivity index (χ1) is 29.3. The maximum absolute atomic E-state index is 13.4. The highest BCUT2D eigenvalue weighted by Gasteiger charge is 2.64. The van der Waals surface area contributed by atoms with Crippen LogP contribution in [-0.2, 0) is 20.6 Å². The van der Waals surface area contributed by atoms with Gasteiger partial charge >= 0.3 is 6.18 Å². The van der Waals surface area contributed by atoms with Crippen molar-refractivity contribution in [1.82, 2.24) is 40.2 Å². The number of benzene rings is 2. The number of aromatic nitrogens is 4. The quantitative estimate of drug-likeness (QED) is 0.172. The molecule has 0 bridgehead atoms. The molecule has 1 atom stereocenters. The van der Waals surface area contributed by atoms with E-state index in [2.05, 4.69) is 43.1 Å². The van der Waals surface area contributed by atoms with E-state index in [-0.39, 0.29) is 65.8 Å². The molecule has 0 radical (unpaired) electrons. The van der Waals surface area contributed by atoms with E-state index in [1.807, 2.05) is 27.7 Å². The zero-order valence-corrected chi connectivity index (χ0v) is 34.1. The fourth-order valence-electron chi connectivity index (χ4n) is 9.26. The van der Waals surface area contributed by atoms with Gasteiger partial charge in [0.2, 0.25) is 23.6 Å². The summed E-state index contributed by atoms with van der Waals surface area (Å²) in [4.78, 5) is 79.8. The lowest BCUT2D eigenvalue weighted by atomic mass is 9.49. The molecule has 19 heteroatoms. The van der Waals surface area contributed by atoms with Crippen molar-refractivity contribution in [2.45, 2.75) is 77.7 Å². The van der Waals surface area contributed by atoms with E-state index in [9.17, 15) is 41.9 Å². The third-order valence-corrected chi connectivity index (χ3v) is 12.2. The first-order valence-electron chi connectivity index (χ1n) is 20.1. The van der Waals surface area contributed by atoms with Gasteiger partial charge in [0.05, 0.1) is 17.7 Å². The maximum Gasteiger partial charge on any atom is 0.453 e. The van der Waals surface area contributed by atoms with Crippen molar-refractivity contribution in [3.05, 3.63) is 82.7 Å². The molecule has 2 saturated heterocycles. The van der Waals surface area contributed by atoms with Gasteiger partial charge in [0.1, 0.15) is 12.1 Å². The second-order valence-corrected chi connectivity index (χ2v) is 17.0. The van der Waals surface area contributed by atoms with Gasteiger partial charge in [0.25, 0.3) is 23.5 Å². The molecule has 3 aliphatic heterocycles. The molecule has 5 heterocycles. The van der Waals surface area contributed by atoms with Crippen LogP contribution in [0, 0.1) is 28.6 Å². The molecular weight excluding hydrogens is 812 g/mol. The molecule has 1 aliphatic carbocycles. The summed E-state index contributed by atoms with van der Waals surface area (Å²) in [6.45, 7) is 8.46. The molecule has 4 aromatic rings. The SMILES string of the molecule is CC1(C)C(NC(=O)c2ccc(C#CC3CCN(C(=O)CNc4cccc5c4C(=O)N(C4CCC(=O)NC4=O)C5=O)CC3)cc2)C(C)(C)C1Oc1ccc2nnc(C(F)(F)F)n2n1. The van der Waals surface area contributed by atoms with E-state index in [1.165, 1.54) is 18.2 Å². The number of likely N-dealkylation sites (tertiary alicyclic amines) is 1. The normalized spacial score (nSPS) is 22.0. The van der Waals surface area contributed by atoms with Gasteiger partial charge in [-0.25, -0.2) is 0 Å². The number of carbonyl (C=O) groups excluding carboxylic acids is 6. The van der Waals surface area contributed by atoms with Crippen LogP contribution in [0.25, 0.3) is 5.65 Å². The van der Waals surface area contributed by atoms with Crippen LogP contribution in [-0.4, -0.2) is 103 Å². The predicted octanol–water partition coefficient (Wildman–Crippen LogP) is 3.86. The Morgan fingerprint density at radius 1 is 0.919 bits per heavy atom. The Balaban J connectivity index is 0.816. The number of nitrogens with zero attached hydrogens (tertiary/aromatic N) is 6. The minimum Gasteiger partial charge on any atom is -0.472 e. The van der Waals surface area contributed by atoms with Crippen molar-refractivity contribution in [1.29, 1.82) is 0 Å². The second-order valence-electron chi connectivity index (χ2n) is 17.0. The smallest absolute Gasteiger partial charge is 0.453 e. The molecule has 1 saturated carbocycles. The van der Waals surface area contributed by atoms with Crippen LogP contribution in [0.15, 0.2) is 54.6 Å². The fourth-order valence-corrected chi connectivity index (χ4v) is 9.26. The second kappa shape index (κ2) is 15.6. The van der Waals surface area contributed by atoms with E-state index in [0.29, 0.717) is 47.3 Å². The van der Waals surface area contributed by atoms with E-state index >= 15 is 0 Å². The minimum absolute atomic E-state index is 0.00960. The maximum atomic E-state index is 13.4. The zero-order valence-electron chi connectivity index (χ0n) is 34.1. The number of piperidine rings is 2. The standard InChI is InChI=1S/C43H42F3N9O7/c1-41(2)38(42(3,4)39(41)62-31-17-15-29-50-51-40(43(44,45)46)55(29)52-31)49-34(58)25-12-10-23(11-13-25)8-9-24-18-20-53(21-19-24)32(57)22-47-27-7-5-6-26-33(27)37(61)54(36(26)60)28-14-16-30(56)48-35(28)59/h5-7,10-13,15,17,24,28,38-39,47H,14,16,18-22H2,1-4H3,(H,49,58)(H,48,56,59). The van der Waals surface area contributed by atoms with Gasteiger partial charge in [0, 0.05) is 65.2 Å². The van der Waals surface area contributed by atoms with Crippen LogP contribution in [0.5, 0.6) is 5.88 Å². The molecule has 8 rings (SSSR count). The average Bonchev–Trinajstić information content (AvgIpc) is 3.78. The summed E-state index contributed by atoms with van der Waals surface area (Å²) >= 11 is 0. The van der Waals surface area contributed by atoms with Crippen molar-refractivity contribution in [2.75, 3.05) is 25.0 Å². The highest BCUT2D eigenvalue weighted by molar-refractivity contribution is 6.25. The van der Waals surface area contributed by atoms with Gasteiger partial charge in [0.15, 0.2) is 5.65 Å². The third-order valence-electron chi connectivity index (χ3n) is 12.2. The number of anilines is 1. The fraction of sp³-hybridized carbons (Fsp3) is 0.419. The lowest BCUT2D eigenvalue weighted by Crippen LogP contribution is -2.74. The number of hydrogen-bond acceptors (Lipinski definition) is 11. The highest BCUT2D eigenvalue weighted by Crippen LogP contribution is 2.55. The summed E-state index contributed by atoms with van der Waals surface area (Å²) in [6.07, 6.45) is -3.92. The first-order valence-corrected chi connectivity index (χ1v) is 20.1. The summed E-state index contributed by atoms with van der Waals surface area (Å²) in [5.41, 5.74) is 0.333. The molecule has 16 nitrogen and oxygen atoms in total. The van der Waals surface area contributed by atoms with E-state index in [4.69, 9.17) is 4.74 Å². The van der Waals surface area contributed by atoms with Crippen molar-refractivity contribution < 1.29 is 46.7 Å². The lowest BCUT2D eigenvalue weighted by molar-refractivity contribution is -0.166. The monoisotopic (exact) mass is 853 g/mol. The number of amides is 6. The number of nitrogens with one attached hydrogen (secondary N) is 3. The summed E-state index contributed by atoms with van der Waals surface area (Å²) in [7, 11) is 0. The number of ether oxygens (including phenoxy) is 1. The molecule has 322 valence electrons. The van der Waals surface area contributed by atoms with Crippen molar-refractivity contribution in [3.63, 3.8) is 0 Å². The Labute approximate surface area is 352 Å². The Morgan fingerprint density at radius 3 is 2.31 bits per heavy atom. The van der Waals surface area contributed by atoms with Crippen molar-refractivity contribution in [2.24, 2.45) is 16.7 Å². The molecule has 3 N–H and O–H groups in total. The molecule has 0 spiro atoms. The van der Waals surface area contributed by atoms with Gasteiger partial charge in [-0.1, -0.05) is 45.6 Å². The van der Waals surface area contributed by atoms with Crippen molar-refractivity contribution >= 4 is 46.8 Å². The summed E-state index contributed by atoms with van der Waals surface area (Å²) < 4.78 is 47.0. The minimum atomic E-state index is -4.75. The highest BCUT2D eigenvalue weighted by atomic mass is 19.4. The van der Waals surface area contributed by atoms with E-state index < -0.39 is 58.6 Å². The Bertz CT molecular complexity index is 2570. The molecule has 62 heavy (non-hydrogen) atoms. The number of alkyl halides is 3. The Morgan fingerprint density at radius 2 is 1.63 bits per heavy atom. The van der Waals surface area contributed by atoms with Crippen LogP contribution in [0.2, 0.25) is 0 Å². The van der Waals surface area contributed by atoms with Crippen molar-refractivity contribution in [3.8, 4) is 17.7 Å². The number of fused-ring (bicyclic) bond motifs is 2.